The summed E-state index contributed by atoms with van der Waals surface area (Å²) in [6.45, 7) is 2.98. The molecule has 4 nitrogen and oxygen atoms in total. The largest absolute Gasteiger partial charge is 0.379 e. The zero-order valence-corrected chi connectivity index (χ0v) is 10.7. The molecule has 1 unspecified atom stereocenters. The Kier molecular flexibility index (Phi) is 3.99. The second-order valence-corrected chi connectivity index (χ2v) is 4.82. The Bertz CT molecular complexity index is 426. The maximum atomic E-state index is 12.2. The van der Waals surface area contributed by atoms with E-state index in [-0.39, 0.29) is 5.91 Å². The molecule has 0 bridgehead atoms. The zero-order valence-electron chi connectivity index (χ0n) is 10.7. The van der Waals surface area contributed by atoms with E-state index in [0.29, 0.717) is 19.6 Å². The van der Waals surface area contributed by atoms with Gasteiger partial charge in [0.15, 0.2) is 0 Å². The van der Waals surface area contributed by atoms with Crippen molar-refractivity contribution in [3.05, 3.63) is 29.8 Å². The molecule has 1 aliphatic heterocycles. The normalized spacial score (nSPS) is 23.0. The summed E-state index contributed by atoms with van der Waals surface area (Å²) in [5.41, 5.74) is 7.17. The fourth-order valence-corrected chi connectivity index (χ4v) is 2.14. The van der Waals surface area contributed by atoms with Crippen molar-refractivity contribution in [1.29, 1.82) is 0 Å². The number of amides is 1. The molecule has 1 atom stereocenters. The van der Waals surface area contributed by atoms with Gasteiger partial charge in [-0.25, -0.2) is 0 Å². The van der Waals surface area contributed by atoms with Crippen molar-refractivity contribution >= 4 is 11.6 Å². The molecule has 2 rings (SSSR count). The van der Waals surface area contributed by atoms with Crippen LogP contribution in [0.3, 0.4) is 0 Å². The zero-order chi connectivity index (χ0) is 13.0. The molecule has 98 valence electrons. The van der Waals surface area contributed by atoms with Gasteiger partial charge in [-0.2, -0.15) is 0 Å². The highest BCUT2D eigenvalue weighted by atomic mass is 16.5. The minimum atomic E-state index is -0.876. The molecule has 1 heterocycles. The van der Waals surface area contributed by atoms with Crippen LogP contribution in [0.5, 0.6) is 0 Å². The lowest BCUT2D eigenvalue weighted by atomic mass is 9.98. The van der Waals surface area contributed by atoms with Crippen LogP contribution < -0.4 is 11.1 Å². The average molecular weight is 248 g/mol. The van der Waals surface area contributed by atoms with E-state index in [1.165, 1.54) is 0 Å². The van der Waals surface area contributed by atoms with E-state index in [4.69, 9.17) is 10.5 Å². The molecule has 1 aromatic rings. The third-order valence-electron chi connectivity index (χ3n) is 3.29. The van der Waals surface area contributed by atoms with Crippen LogP contribution in [0, 0.1) is 0 Å². The van der Waals surface area contributed by atoms with Crippen molar-refractivity contribution in [2.75, 3.05) is 18.5 Å². The molecule has 0 radical (unpaired) electrons. The summed E-state index contributed by atoms with van der Waals surface area (Å²) in [5.74, 6) is -0.149. The Labute approximate surface area is 108 Å². The van der Waals surface area contributed by atoms with Crippen molar-refractivity contribution in [3.63, 3.8) is 0 Å². The lowest BCUT2D eigenvalue weighted by molar-refractivity contribution is -0.121. The predicted molar refractivity (Wildman–Crippen MR) is 71.4 cm³/mol. The first-order valence-corrected chi connectivity index (χ1v) is 6.42. The van der Waals surface area contributed by atoms with E-state index in [9.17, 15) is 4.79 Å². The molecule has 0 saturated carbocycles. The summed E-state index contributed by atoms with van der Waals surface area (Å²) in [5, 5.41) is 2.93. The van der Waals surface area contributed by atoms with Gasteiger partial charge in [-0.1, -0.05) is 31.5 Å². The highest BCUT2D eigenvalue weighted by Crippen LogP contribution is 2.21. The van der Waals surface area contributed by atoms with E-state index >= 15 is 0 Å². The summed E-state index contributed by atoms with van der Waals surface area (Å²) in [7, 11) is 0. The number of nitrogens with two attached hydrogens (primary N) is 1. The first kappa shape index (κ1) is 13.1. The second kappa shape index (κ2) is 5.50. The SMILES string of the molecule is CCCc1ccccc1NC(=O)C1(N)CCOC1. The molecular formula is C14H20N2O2. The smallest absolute Gasteiger partial charge is 0.246 e. The van der Waals surface area contributed by atoms with Crippen LogP contribution in [0.1, 0.15) is 25.3 Å². The highest BCUT2D eigenvalue weighted by Gasteiger charge is 2.38. The molecule has 1 aromatic carbocycles. The number of benzene rings is 1. The molecule has 0 aromatic heterocycles. The summed E-state index contributed by atoms with van der Waals surface area (Å²) >= 11 is 0. The van der Waals surface area contributed by atoms with Crippen molar-refractivity contribution in [2.24, 2.45) is 5.73 Å². The average Bonchev–Trinajstić information content (AvgIpc) is 2.80. The quantitative estimate of drug-likeness (QED) is 0.852. The molecule has 3 N–H and O–H groups in total. The molecular weight excluding hydrogens is 228 g/mol. The van der Waals surface area contributed by atoms with Crippen molar-refractivity contribution in [2.45, 2.75) is 31.7 Å². The summed E-state index contributed by atoms with van der Waals surface area (Å²) in [6, 6.07) is 7.86. The highest BCUT2D eigenvalue weighted by molar-refractivity contribution is 5.98. The van der Waals surface area contributed by atoms with Gasteiger partial charge in [-0.3, -0.25) is 4.79 Å². The number of aryl methyl sites for hydroxylation is 1. The van der Waals surface area contributed by atoms with Crippen LogP contribution in [0.4, 0.5) is 5.69 Å². The van der Waals surface area contributed by atoms with Crippen LogP contribution in [-0.4, -0.2) is 24.7 Å². The standard InChI is InChI=1S/C14H20N2O2/c1-2-5-11-6-3-4-7-12(11)16-13(17)14(15)8-9-18-10-14/h3-4,6-7H,2,5,8-10,15H2,1H3,(H,16,17). The number of carbonyl (C=O) groups is 1. The van der Waals surface area contributed by atoms with Gasteiger partial charge in [0, 0.05) is 12.3 Å². The topological polar surface area (TPSA) is 64.4 Å². The van der Waals surface area contributed by atoms with E-state index in [1.807, 2.05) is 24.3 Å². The van der Waals surface area contributed by atoms with Gasteiger partial charge in [-0.15, -0.1) is 0 Å². The monoisotopic (exact) mass is 248 g/mol. The van der Waals surface area contributed by atoms with Crippen LogP contribution in [-0.2, 0) is 16.0 Å². The van der Waals surface area contributed by atoms with E-state index in [2.05, 4.69) is 12.2 Å². The first-order chi connectivity index (χ1) is 8.65. The number of hydrogen-bond acceptors (Lipinski definition) is 3. The number of carbonyl (C=O) groups excluding carboxylic acids is 1. The summed E-state index contributed by atoms with van der Waals surface area (Å²) in [4.78, 5) is 12.2. The third-order valence-corrected chi connectivity index (χ3v) is 3.29. The van der Waals surface area contributed by atoms with Crippen LogP contribution in [0.15, 0.2) is 24.3 Å². The van der Waals surface area contributed by atoms with Crippen molar-refractivity contribution in [3.8, 4) is 0 Å². The molecule has 18 heavy (non-hydrogen) atoms. The van der Waals surface area contributed by atoms with E-state index in [0.717, 1.165) is 24.1 Å². The van der Waals surface area contributed by atoms with Crippen LogP contribution in [0.25, 0.3) is 0 Å². The predicted octanol–water partition coefficient (Wildman–Crippen LogP) is 1.70. The van der Waals surface area contributed by atoms with Gasteiger partial charge < -0.3 is 15.8 Å². The Balaban J connectivity index is 2.11. The molecule has 0 aliphatic carbocycles. The number of para-hydroxylation sites is 1. The number of ether oxygens (including phenoxy) is 1. The van der Waals surface area contributed by atoms with Crippen LogP contribution >= 0.6 is 0 Å². The van der Waals surface area contributed by atoms with Gasteiger partial charge in [-0.05, 0) is 24.5 Å². The maximum absolute atomic E-state index is 12.2. The molecule has 1 amide bonds. The Morgan fingerprint density at radius 2 is 2.28 bits per heavy atom. The van der Waals surface area contributed by atoms with Crippen molar-refractivity contribution in [1.82, 2.24) is 0 Å². The number of nitrogens with one attached hydrogen (secondary N) is 1. The molecule has 1 fully saturated rings. The number of anilines is 1. The number of hydrogen-bond donors (Lipinski definition) is 2. The minimum absolute atomic E-state index is 0.149. The maximum Gasteiger partial charge on any atom is 0.246 e. The molecule has 4 heteroatoms. The van der Waals surface area contributed by atoms with Gasteiger partial charge in [0.1, 0.15) is 5.54 Å². The first-order valence-electron chi connectivity index (χ1n) is 6.42. The number of rotatable bonds is 4. The van der Waals surface area contributed by atoms with Gasteiger partial charge in [0.25, 0.3) is 0 Å². The Morgan fingerprint density at radius 1 is 1.50 bits per heavy atom. The van der Waals surface area contributed by atoms with Gasteiger partial charge >= 0.3 is 0 Å². The lowest BCUT2D eigenvalue weighted by Crippen LogP contribution is -2.51. The van der Waals surface area contributed by atoms with Crippen LogP contribution in [0.2, 0.25) is 0 Å². The summed E-state index contributed by atoms with van der Waals surface area (Å²) < 4.78 is 5.21. The lowest BCUT2D eigenvalue weighted by Gasteiger charge is -2.21. The Hall–Kier alpha value is -1.39. The van der Waals surface area contributed by atoms with Crippen molar-refractivity contribution < 1.29 is 9.53 Å². The van der Waals surface area contributed by atoms with Gasteiger partial charge in [0.05, 0.1) is 6.61 Å². The van der Waals surface area contributed by atoms with E-state index < -0.39 is 5.54 Å². The summed E-state index contributed by atoms with van der Waals surface area (Å²) in [6.07, 6.45) is 2.57. The minimum Gasteiger partial charge on any atom is -0.379 e. The Morgan fingerprint density at radius 3 is 2.94 bits per heavy atom. The second-order valence-electron chi connectivity index (χ2n) is 4.82. The van der Waals surface area contributed by atoms with E-state index in [1.54, 1.807) is 0 Å². The van der Waals surface area contributed by atoms with Gasteiger partial charge in [0.2, 0.25) is 5.91 Å². The molecule has 1 aliphatic rings. The molecule has 0 spiro atoms. The third kappa shape index (κ3) is 2.71. The fourth-order valence-electron chi connectivity index (χ4n) is 2.14. The molecule has 1 saturated heterocycles. The fraction of sp³-hybridized carbons (Fsp3) is 0.500.